The fourth-order valence-corrected chi connectivity index (χ4v) is 1.90. The summed E-state index contributed by atoms with van der Waals surface area (Å²) < 4.78 is 29.3. The molecule has 1 heterocycles. The van der Waals surface area contributed by atoms with E-state index in [9.17, 15) is 8.42 Å². The number of nitrogens with zero attached hydrogens (tertiary/aromatic N) is 2. The molecule has 118 valence electrons. The molecule has 0 aromatic rings. The van der Waals surface area contributed by atoms with E-state index < -0.39 is 19.3 Å². The molecule has 0 saturated carbocycles. The van der Waals surface area contributed by atoms with Gasteiger partial charge in [0.2, 0.25) is 0 Å². The molecule has 1 N–H and O–H groups in total. The minimum atomic E-state index is -3.78. The Balaban J connectivity index is 0.000000555. The first-order valence-electron chi connectivity index (χ1n) is 5.08. The summed E-state index contributed by atoms with van der Waals surface area (Å²) in [6.45, 7) is 1.68. The van der Waals surface area contributed by atoms with E-state index in [0.29, 0.717) is 6.42 Å². The summed E-state index contributed by atoms with van der Waals surface area (Å²) in [7, 11) is 15.4. The quantitative estimate of drug-likeness (QED) is 0.423. The molecule has 0 aromatic carbocycles. The number of rotatable bonds is 5. The second-order valence-corrected chi connectivity index (χ2v) is 16.3. The summed E-state index contributed by atoms with van der Waals surface area (Å²) in [5.74, 6) is -0.138. The van der Waals surface area contributed by atoms with Crippen LogP contribution >= 0.6 is 40.4 Å². The Morgan fingerprint density at radius 1 is 1.21 bits per heavy atom. The average molecular weight is 418 g/mol. The zero-order valence-corrected chi connectivity index (χ0v) is 15.1. The molecular formula is C8H16Cl4FeN2O3S. The number of hydrogen-bond donors (Lipinski definition) is 1. The van der Waals surface area contributed by atoms with E-state index in [-0.39, 0.29) is 5.75 Å². The van der Waals surface area contributed by atoms with Crippen molar-refractivity contribution in [3.05, 3.63) is 12.4 Å². The first-order valence-corrected chi connectivity index (χ1v) is 12.8. The number of unbranched alkanes of at least 4 members (excludes halogenated alkanes) is 1. The third kappa shape index (κ3) is 16.9. The first-order chi connectivity index (χ1) is 8.47. The SMILES string of the molecule is CN1C=CN(CCCCS(=O)(=O)O)C1.[Cl][Fe]([Cl])([Cl])[Cl]. The van der Waals surface area contributed by atoms with Gasteiger partial charge >= 0.3 is 49.6 Å². The predicted molar refractivity (Wildman–Crippen MR) is 77.5 cm³/mol. The Hall–Kier alpha value is 0.929. The van der Waals surface area contributed by atoms with Gasteiger partial charge in [0.15, 0.2) is 0 Å². The van der Waals surface area contributed by atoms with Gasteiger partial charge in [0.1, 0.15) is 0 Å². The van der Waals surface area contributed by atoms with E-state index in [1.165, 1.54) is 0 Å². The van der Waals surface area contributed by atoms with Crippen LogP contribution in [0.25, 0.3) is 0 Å². The fraction of sp³-hybridized carbons (Fsp3) is 0.750. The first kappa shape index (κ1) is 19.9. The van der Waals surface area contributed by atoms with Gasteiger partial charge in [0.25, 0.3) is 10.1 Å². The Kier molecular flexibility index (Phi) is 9.49. The Morgan fingerprint density at radius 2 is 1.74 bits per heavy atom. The van der Waals surface area contributed by atoms with Crippen molar-refractivity contribution in [1.82, 2.24) is 9.80 Å². The third-order valence-electron chi connectivity index (χ3n) is 2.03. The molecule has 1 rings (SSSR count). The zero-order valence-electron chi connectivity index (χ0n) is 10.1. The van der Waals surface area contributed by atoms with Crippen molar-refractivity contribution in [1.29, 1.82) is 0 Å². The van der Waals surface area contributed by atoms with Crippen molar-refractivity contribution >= 4 is 50.5 Å². The maximum atomic E-state index is 10.4. The molecule has 0 aromatic heterocycles. The van der Waals surface area contributed by atoms with Crippen LogP contribution < -0.4 is 0 Å². The van der Waals surface area contributed by atoms with Crippen LogP contribution in [0.3, 0.4) is 0 Å². The topological polar surface area (TPSA) is 60.9 Å². The van der Waals surface area contributed by atoms with Crippen LogP contribution in [0.15, 0.2) is 12.4 Å². The van der Waals surface area contributed by atoms with Gasteiger partial charge in [-0.25, -0.2) is 0 Å². The summed E-state index contributed by atoms with van der Waals surface area (Å²) in [6.07, 6.45) is 5.24. The van der Waals surface area contributed by atoms with Crippen LogP contribution in [0.5, 0.6) is 0 Å². The molecule has 1 aliphatic heterocycles. The third-order valence-corrected chi connectivity index (χ3v) is 2.84. The van der Waals surface area contributed by atoms with Gasteiger partial charge in [0, 0.05) is 26.0 Å². The summed E-state index contributed by atoms with van der Waals surface area (Å²) in [6, 6.07) is 0. The van der Waals surface area contributed by atoms with Crippen molar-refractivity contribution in [3.63, 3.8) is 0 Å². The molecular weight excluding hydrogens is 402 g/mol. The monoisotopic (exact) mass is 416 g/mol. The Morgan fingerprint density at radius 3 is 2.11 bits per heavy atom. The molecule has 0 saturated heterocycles. The summed E-state index contributed by atoms with van der Waals surface area (Å²) in [4.78, 5) is 4.15. The van der Waals surface area contributed by atoms with Gasteiger partial charge in [-0.05, 0) is 12.8 Å². The van der Waals surface area contributed by atoms with E-state index in [1.54, 1.807) is 0 Å². The molecule has 0 aliphatic carbocycles. The van der Waals surface area contributed by atoms with Crippen LogP contribution in [0.1, 0.15) is 12.8 Å². The van der Waals surface area contributed by atoms with Crippen molar-refractivity contribution in [2.75, 3.05) is 26.0 Å². The van der Waals surface area contributed by atoms with Crippen LogP contribution in [0.4, 0.5) is 0 Å². The van der Waals surface area contributed by atoms with E-state index in [1.807, 2.05) is 24.3 Å². The standard InChI is InChI=1S/C8H16N2O3S.4ClH.Fe/c1-9-5-6-10(8-9)4-2-3-7-14(11,12)13;;;;;/h5-6H,2-4,7-8H2,1H3,(H,11,12,13);4*1H;/q;;;;;+4/p-4. The van der Waals surface area contributed by atoms with Crippen LogP contribution in [-0.4, -0.2) is 48.8 Å². The molecule has 1 aliphatic rings. The van der Waals surface area contributed by atoms with Crippen molar-refractivity contribution in [2.24, 2.45) is 0 Å². The van der Waals surface area contributed by atoms with E-state index in [0.717, 1.165) is 19.6 Å². The molecule has 0 amide bonds. The number of halogens is 4. The summed E-state index contributed by atoms with van der Waals surface area (Å²) in [5.41, 5.74) is 0. The fourth-order valence-electron chi connectivity index (χ4n) is 1.33. The second-order valence-electron chi connectivity index (χ2n) is 3.81. The van der Waals surface area contributed by atoms with Gasteiger partial charge < -0.3 is 9.80 Å². The molecule has 0 unspecified atom stereocenters. The molecule has 0 bridgehead atoms. The molecule has 0 radical (unpaired) electrons. The van der Waals surface area contributed by atoms with Crippen LogP contribution in [-0.2, 0) is 19.3 Å². The van der Waals surface area contributed by atoms with Gasteiger partial charge in [-0.15, -0.1) is 0 Å². The normalized spacial score (nSPS) is 16.3. The van der Waals surface area contributed by atoms with Crippen molar-refractivity contribution < 1.29 is 22.2 Å². The number of hydrogen-bond acceptors (Lipinski definition) is 4. The predicted octanol–water partition coefficient (Wildman–Crippen LogP) is 3.09. The molecule has 19 heavy (non-hydrogen) atoms. The summed E-state index contributed by atoms with van der Waals surface area (Å²) >= 11 is 0. The second kappa shape index (κ2) is 9.05. The molecule has 11 heteroatoms. The minimum absolute atomic E-state index is 0.138. The van der Waals surface area contributed by atoms with Crippen LogP contribution in [0, 0.1) is 0 Å². The molecule has 0 spiro atoms. The van der Waals surface area contributed by atoms with Gasteiger partial charge in [-0.3, -0.25) is 4.55 Å². The van der Waals surface area contributed by atoms with Crippen molar-refractivity contribution in [2.45, 2.75) is 12.8 Å². The van der Waals surface area contributed by atoms with Gasteiger partial charge in [-0.1, -0.05) is 0 Å². The van der Waals surface area contributed by atoms with Crippen molar-refractivity contribution in [3.8, 4) is 0 Å². The van der Waals surface area contributed by atoms with E-state index in [2.05, 4.69) is 4.90 Å². The Bertz CT molecular complexity index is 382. The molecule has 0 atom stereocenters. The van der Waals surface area contributed by atoms with Crippen LogP contribution in [0.2, 0.25) is 0 Å². The van der Waals surface area contributed by atoms with Gasteiger partial charge in [-0.2, -0.15) is 8.42 Å². The Labute approximate surface area is 133 Å². The molecule has 0 fully saturated rings. The maximum absolute atomic E-state index is 10.4. The molecule has 5 nitrogen and oxygen atoms in total. The van der Waals surface area contributed by atoms with E-state index in [4.69, 9.17) is 44.9 Å². The summed E-state index contributed by atoms with van der Waals surface area (Å²) in [5, 5.41) is 0. The average Bonchev–Trinajstić information content (AvgIpc) is 2.55. The van der Waals surface area contributed by atoms with Gasteiger partial charge in [0.05, 0.1) is 12.4 Å². The zero-order chi connectivity index (χ0) is 15.1. The van der Waals surface area contributed by atoms with E-state index >= 15 is 0 Å².